The van der Waals surface area contributed by atoms with Crippen molar-refractivity contribution in [2.24, 2.45) is 0 Å². The summed E-state index contributed by atoms with van der Waals surface area (Å²) in [5.41, 5.74) is 2.27. The number of carbonyl (C=O) groups excluding carboxylic acids is 1. The van der Waals surface area contributed by atoms with Crippen LogP contribution in [0.4, 0.5) is 0 Å². The standard InChI is InChI=1S/C23H29N3O5S2/c27-23-12-16-25(32(28,29)21-8-2-1-3-9-21)14-5-15-26(17-13-24-23)33(30,31)22-11-10-19-6-4-7-20(19)18-22/h1-3,8-11,18H,4-7,12-17H2,(H,24,27). The lowest BCUT2D eigenvalue weighted by atomic mass is 10.1. The van der Waals surface area contributed by atoms with Gasteiger partial charge in [0.1, 0.15) is 0 Å². The van der Waals surface area contributed by atoms with Crippen LogP contribution in [-0.2, 0) is 37.7 Å². The van der Waals surface area contributed by atoms with Gasteiger partial charge in [0.25, 0.3) is 0 Å². The van der Waals surface area contributed by atoms with Crippen LogP contribution in [0, 0.1) is 0 Å². The molecule has 2 aliphatic rings. The number of hydrogen-bond donors (Lipinski definition) is 1. The number of rotatable bonds is 4. The van der Waals surface area contributed by atoms with E-state index in [1.807, 2.05) is 6.07 Å². The van der Waals surface area contributed by atoms with E-state index in [-0.39, 0.29) is 54.8 Å². The molecule has 1 fully saturated rings. The molecule has 0 aromatic heterocycles. The molecule has 0 spiro atoms. The van der Waals surface area contributed by atoms with Crippen molar-refractivity contribution in [3.63, 3.8) is 0 Å². The highest BCUT2D eigenvalue weighted by molar-refractivity contribution is 7.89. The first-order chi connectivity index (χ1) is 15.8. The summed E-state index contributed by atoms with van der Waals surface area (Å²) < 4.78 is 55.6. The van der Waals surface area contributed by atoms with Gasteiger partial charge in [-0.15, -0.1) is 0 Å². The van der Waals surface area contributed by atoms with E-state index in [1.165, 1.54) is 26.3 Å². The molecule has 8 nitrogen and oxygen atoms in total. The van der Waals surface area contributed by atoms with Crippen molar-refractivity contribution in [3.05, 3.63) is 59.7 Å². The Labute approximate surface area is 195 Å². The van der Waals surface area contributed by atoms with Gasteiger partial charge in [-0.25, -0.2) is 16.8 Å². The van der Waals surface area contributed by atoms with Gasteiger partial charge < -0.3 is 5.32 Å². The third-order valence-electron chi connectivity index (χ3n) is 6.18. The second-order valence-corrected chi connectivity index (χ2v) is 12.2. The Balaban J connectivity index is 1.56. The van der Waals surface area contributed by atoms with Crippen molar-refractivity contribution in [2.45, 2.75) is 41.9 Å². The number of carbonyl (C=O) groups is 1. The summed E-state index contributed by atoms with van der Waals surface area (Å²) in [7, 11) is -7.56. The molecular weight excluding hydrogens is 462 g/mol. The van der Waals surface area contributed by atoms with Crippen LogP contribution in [0.3, 0.4) is 0 Å². The van der Waals surface area contributed by atoms with Crippen molar-refractivity contribution in [2.75, 3.05) is 32.7 Å². The number of benzene rings is 2. The average molecular weight is 492 g/mol. The Morgan fingerprint density at radius 1 is 0.667 bits per heavy atom. The molecule has 33 heavy (non-hydrogen) atoms. The van der Waals surface area contributed by atoms with E-state index in [9.17, 15) is 21.6 Å². The fourth-order valence-electron chi connectivity index (χ4n) is 4.36. The number of nitrogens with zero attached hydrogens (tertiary/aromatic N) is 2. The minimum Gasteiger partial charge on any atom is -0.355 e. The van der Waals surface area contributed by atoms with Gasteiger partial charge in [-0.1, -0.05) is 24.3 Å². The number of sulfonamides is 2. The lowest BCUT2D eigenvalue weighted by Gasteiger charge is -2.24. The van der Waals surface area contributed by atoms with Gasteiger partial charge in [0.15, 0.2) is 0 Å². The minimum atomic E-state index is -3.79. The highest BCUT2D eigenvalue weighted by atomic mass is 32.2. The van der Waals surface area contributed by atoms with Crippen LogP contribution in [0.5, 0.6) is 0 Å². The Hall–Kier alpha value is -2.27. The Kier molecular flexibility index (Phi) is 7.18. The van der Waals surface area contributed by atoms with Gasteiger partial charge in [-0.05, 0) is 61.1 Å². The normalized spacial score (nSPS) is 19.5. The van der Waals surface area contributed by atoms with Crippen LogP contribution in [-0.4, -0.2) is 64.1 Å². The van der Waals surface area contributed by atoms with Gasteiger partial charge in [0, 0.05) is 39.1 Å². The van der Waals surface area contributed by atoms with Crippen LogP contribution in [0.15, 0.2) is 58.3 Å². The molecule has 1 aliphatic carbocycles. The van der Waals surface area contributed by atoms with Crippen LogP contribution in [0.2, 0.25) is 0 Å². The minimum absolute atomic E-state index is 0.0175. The van der Waals surface area contributed by atoms with Gasteiger partial charge in [-0.2, -0.15) is 8.61 Å². The molecule has 2 aromatic rings. The highest BCUT2D eigenvalue weighted by Crippen LogP contribution is 2.26. The van der Waals surface area contributed by atoms with E-state index in [2.05, 4.69) is 5.32 Å². The predicted molar refractivity (Wildman–Crippen MR) is 125 cm³/mol. The molecule has 10 heteroatoms. The third kappa shape index (κ3) is 5.29. The summed E-state index contributed by atoms with van der Waals surface area (Å²) >= 11 is 0. The molecule has 1 amide bonds. The molecule has 1 saturated heterocycles. The summed E-state index contributed by atoms with van der Waals surface area (Å²) in [5, 5.41) is 2.72. The lowest BCUT2D eigenvalue weighted by Crippen LogP contribution is -2.39. The van der Waals surface area contributed by atoms with Crippen molar-refractivity contribution >= 4 is 26.0 Å². The SMILES string of the molecule is O=C1CCN(S(=O)(=O)c2ccccc2)CCCN(S(=O)(=O)c2ccc3c(c2)CCC3)CCN1. The van der Waals surface area contributed by atoms with E-state index in [0.717, 1.165) is 24.8 Å². The number of hydrogen-bond acceptors (Lipinski definition) is 5. The van der Waals surface area contributed by atoms with E-state index >= 15 is 0 Å². The third-order valence-corrected chi connectivity index (χ3v) is 9.98. The first-order valence-corrected chi connectivity index (χ1v) is 14.1. The van der Waals surface area contributed by atoms with Crippen molar-refractivity contribution in [3.8, 4) is 0 Å². The van der Waals surface area contributed by atoms with E-state index < -0.39 is 20.0 Å². The van der Waals surface area contributed by atoms with Gasteiger partial charge in [0.05, 0.1) is 9.79 Å². The molecule has 0 bridgehead atoms. The zero-order valence-electron chi connectivity index (χ0n) is 18.4. The fourth-order valence-corrected chi connectivity index (χ4v) is 7.39. The van der Waals surface area contributed by atoms with E-state index in [4.69, 9.17) is 0 Å². The number of fused-ring (bicyclic) bond motifs is 1. The zero-order valence-corrected chi connectivity index (χ0v) is 20.1. The van der Waals surface area contributed by atoms with Crippen molar-refractivity contribution < 1.29 is 21.6 Å². The van der Waals surface area contributed by atoms with E-state index in [1.54, 1.807) is 30.3 Å². The molecule has 0 atom stereocenters. The molecule has 1 N–H and O–H groups in total. The summed E-state index contributed by atoms with van der Waals surface area (Å²) in [4.78, 5) is 12.7. The maximum atomic E-state index is 13.4. The lowest BCUT2D eigenvalue weighted by molar-refractivity contribution is -0.121. The van der Waals surface area contributed by atoms with Crippen molar-refractivity contribution in [1.29, 1.82) is 0 Å². The number of aryl methyl sites for hydroxylation is 2. The summed E-state index contributed by atoms with van der Waals surface area (Å²) in [6.45, 7) is 0.641. The Morgan fingerprint density at radius 2 is 1.33 bits per heavy atom. The molecule has 0 radical (unpaired) electrons. The monoisotopic (exact) mass is 491 g/mol. The molecule has 178 valence electrons. The molecular formula is C23H29N3O5S2. The maximum Gasteiger partial charge on any atom is 0.243 e. The molecule has 0 unspecified atom stereocenters. The summed E-state index contributed by atoms with van der Waals surface area (Å²) in [6, 6.07) is 13.4. The van der Waals surface area contributed by atoms with E-state index in [0.29, 0.717) is 6.42 Å². The molecule has 0 saturated carbocycles. The zero-order chi connectivity index (χ0) is 23.5. The first-order valence-electron chi connectivity index (χ1n) is 11.2. The van der Waals surface area contributed by atoms with Crippen LogP contribution in [0.25, 0.3) is 0 Å². The van der Waals surface area contributed by atoms with Gasteiger partial charge >= 0.3 is 0 Å². The number of amides is 1. The molecule has 2 aromatic carbocycles. The average Bonchev–Trinajstić information content (AvgIpc) is 3.26. The smallest absolute Gasteiger partial charge is 0.243 e. The number of nitrogens with one attached hydrogen (secondary N) is 1. The van der Waals surface area contributed by atoms with Gasteiger partial charge in [-0.3, -0.25) is 4.79 Å². The highest BCUT2D eigenvalue weighted by Gasteiger charge is 2.29. The van der Waals surface area contributed by atoms with Crippen LogP contribution < -0.4 is 5.32 Å². The fraction of sp³-hybridized carbons (Fsp3) is 0.435. The first kappa shape index (κ1) is 23.9. The quantitative estimate of drug-likeness (QED) is 0.702. The second-order valence-electron chi connectivity index (χ2n) is 8.36. The van der Waals surface area contributed by atoms with Crippen LogP contribution in [0.1, 0.15) is 30.4 Å². The Morgan fingerprint density at radius 3 is 2.09 bits per heavy atom. The second kappa shape index (κ2) is 9.92. The largest absolute Gasteiger partial charge is 0.355 e. The predicted octanol–water partition coefficient (Wildman–Crippen LogP) is 1.77. The molecule has 1 heterocycles. The van der Waals surface area contributed by atoms with Crippen LogP contribution >= 0.6 is 0 Å². The molecule has 4 rings (SSSR count). The summed E-state index contributed by atoms with van der Waals surface area (Å²) in [6.07, 6.45) is 3.21. The van der Waals surface area contributed by atoms with Crippen molar-refractivity contribution in [1.82, 2.24) is 13.9 Å². The maximum absolute atomic E-state index is 13.4. The summed E-state index contributed by atoms with van der Waals surface area (Å²) in [5.74, 6) is -0.306. The Bertz CT molecular complexity index is 1210. The topological polar surface area (TPSA) is 104 Å². The van der Waals surface area contributed by atoms with Gasteiger partial charge in [0.2, 0.25) is 26.0 Å². The molecule has 1 aliphatic heterocycles.